The van der Waals surface area contributed by atoms with Crippen molar-refractivity contribution >= 4 is 50.4 Å². The van der Waals surface area contributed by atoms with Gasteiger partial charge in [0.15, 0.2) is 10.9 Å². The Morgan fingerprint density at radius 2 is 2.24 bits per heavy atom. The molecule has 0 aliphatic carbocycles. The number of aromatic nitrogens is 2. The zero-order chi connectivity index (χ0) is 15.0. The number of thiophene rings is 2. The molecule has 0 saturated heterocycles. The van der Waals surface area contributed by atoms with Gasteiger partial charge in [0.2, 0.25) is 0 Å². The van der Waals surface area contributed by atoms with Crippen LogP contribution >= 0.6 is 34.4 Å². The molecule has 0 aromatic carbocycles. The van der Waals surface area contributed by atoms with E-state index in [0.717, 1.165) is 20.1 Å². The third-order valence-electron chi connectivity index (χ3n) is 3.15. The first-order valence-electron chi connectivity index (χ1n) is 6.26. The number of carbonyl (C=O) groups is 1. The third-order valence-corrected chi connectivity index (χ3v) is 6.04. The number of ketones is 1. The number of Topliss-reactive ketones (excluding diaryl/α,β-unsaturated/α-hetero) is 1. The van der Waals surface area contributed by atoms with E-state index in [0.29, 0.717) is 10.5 Å². The first kappa shape index (κ1) is 14.5. The molecule has 0 spiro atoms. The molecular weight excluding hydrogens is 324 g/mol. The van der Waals surface area contributed by atoms with Crippen LogP contribution in [0.15, 0.2) is 27.5 Å². The van der Waals surface area contributed by atoms with Gasteiger partial charge in [0.05, 0.1) is 16.0 Å². The average Bonchev–Trinajstić information content (AvgIpc) is 3.06. The minimum absolute atomic E-state index is 0.0521. The number of carbonyl (C=O) groups excluding carboxylic acids is 1. The van der Waals surface area contributed by atoms with Crippen molar-refractivity contribution in [1.82, 2.24) is 9.97 Å². The van der Waals surface area contributed by atoms with Crippen LogP contribution in [0.4, 0.5) is 0 Å². The summed E-state index contributed by atoms with van der Waals surface area (Å²) in [6.07, 6.45) is 0. The van der Waals surface area contributed by atoms with Crippen molar-refractivity contribution in [2.45, 2.75) is 19.0 Å². The van der Waals surface area contributed by atoms with Gasteiger partial charge >= 0.3 is 0 Å². The molecule has 3 heterocycles. The summed E-state index contributed by atoms with van der Waals surface area (Å²) in [5, 5.41) is 3.03. The van der Waals surface area contributed by atoms with Gasteiger partial charge in [-0.1, -0.05) is 17.8 Å². The Bertz CT molecular complexity index is 862. The maximum Gasteiger partial charge on any atom is 0.260 e. The van der Waals surface area contributed by atoms with E-state index in [-0.39, 0.29) is 17.1 Å². The van der Waals surface area contributed by atoms with Crippen molar-refractivity contribution < 1.29 is 4.79 Å². The van der Waals surface area contributed by atoms with E-state index in [2.05, 4.69) is 9.97 Å². The van der Waals surface area contributed by atoms with Crippen LogP contribution in [0.1, 0.15) is 20.1 Å². The molecule has 0 radical (unpaired) electrons. The zero-order valence-corrected chi connectivity index (χ0v) is 13.9. The second-order valence-electron chi connectivity index (χ2n) is 4.52. The molecule has 3 aromatic rings. The lowest BCUT2D eigenvalue weighted by molar-refractivity contribution is 0.102. The fourth-order valence-corrected chi connectivity index (χ4v) is 4.53. The molecule has 108 valence electrons. The first-order chi connectivity index (χ1) is 10.1. The molecule has 7 heteroatoms. The molecule has 1 N–H and O–H groups in total. The molecule has 3 rings (SSSR count). The van der Waals surface area contributed by atoms with Crippen molar-refractivity contribution in [1.29, 1.82) is 0 Å². The highest BCUT2D eigenvalue weighted by Crippen LogP contribution is 2.27. The van der Waals surface area contributed by atoms with Gasteiger partial charge < -0.3 is 4.98 Å². The Morgan fingerprint density at radius 3 is 2.95 bits per heavy atom. The van der Waals surface area contributed by atoms with Gasteiger partial charge in [0, 0.05) is 4.88 Å². The summed E-state index contributed by atoms with van der Waals surface area (Å²) >= 11 is 4.20. The van der Waals surface area contributed by atoms with Gasteiger partial charge in [-0.15, -0.1) is 22.7 Å². The number of H-pyrrole nitrogens is 1. The smallest absolute Gasteiger partial charge is 0.260 e. The second kappa shape index (κ2) is 5.75. The molecule has 0 aliphatic heterocycles. The lowest BCUT2D eigenvalue weighted by Gasteiger charge is -2.00. The van der Waals surface area contributed by atoms with Gasteiger partial charge in [0.1, 0.15) is 4.83 Å². The predicted molar refractivity (Wildman–Crippen MR) is 89.1 cm³/mol. The monoisotopic (exact) mass is 336 g/mol. The van der Waals surface area contributed by atoms with E-state index < -0.39 is 0 Å². The fraction of sp³-hybridized carbons (Fsp3) is 0.214. The SMILES string of the molecule is Cc1sc2nc(SCC(=O)c3cccs3)[nH]c(=O)c2c1C. The number of rotatable bonds is 4. The van der Waals surface area contributed by atoms with Crippen molar-refractivity contribution in [2.24, 2.45) is 0 Å². The highest BCUT2D eigenvalue weighted by Gasteiger charge is 2.13. The fourth-order valence-electron chi connectivity index (χ4n) is 1.95. The highest BCUT2D eigenvalue weighted by atomic mass is 32.2. The van der Waals surface area contributed by atoms with Gasteiger partial charge in [-0.25, -0.2) is 4.98 Å². The van der Waals surface area contributed by atoms with Crippen LogP contribution < -0.4 is 5.56 Å². The summed E-state index contributed by atoms with van der Waals surface area (Å²) < 4.78 is 0. The van der Waals surface area contributed by atoms with Crippen LogP contribution in [-0.4, -0.2) is 21.5 Å². The van der Waals surface area contributed by atoms with Crippen molar-refractivity contribution in [3.05, 3.63) is 43.2 Å². The maximum atomic E-state index is 12.1. The predicted octanol–water partition coefficient (Wildman–Crippen LogP) is 3.64. The molecule has 3 aromatic heterocycles. The van der Waals surface area contributed by atoms with Crippen LogP contribution in [0.3, 0.4) is 0 Å². The standard InChI is InChI=1S/C14H12N2O2S3/c1-7-8(2)21-13-11(7)12(18)15-14(16-13)20-6-9(17)10-4-3-5-19-10/h3-5H,6H2,1-2H3,(H,15,16,18). The highest BCUT2D eigenvalue weighted by molar-refractivity contribution is 7.99. The summed E-state index contributed by atoms with van der Waals surface area (Å²) in [6.45, 7) is 3.91. The van der Waals surface area contributed by atoms with Gasteiger partial charge in [-0.05, 0) is 30.9 Å². The number of thioether (sulfide) groups is 1. The van der Waals surface area contributed by atoms with Crippen LogP contribution in [0.25, 0.3) is 10.2 Å². The third kappa shape index (κ3) is 2.81. The Balaban J connectivity index is 1.85. The quantitative estimate of drug-likeness (QED) is 0.449. The Labute approximate surface area is 133 Å². The maximum absolute atomic E-state index is 12.1. The Morgan fingerprint density at radius 1 is 1.43 bits per heavy atom. The van der Waals surface area contributed by atoms with Crippen molar-refractivity contribution in [3.8, 4) is 0 Å². The second-order valence-corrected chi connectivity index (χ2v) is 7.64. The summed E-state index contributed by atoms with van der Waals surface area (Å²) in [5.41, 5.74) is 0.850. The number of aryl methyl sites for hydroxylation is 2. The van der Waals surface area contributed by atoms with Crippen LogP contribution in [-0.2, 0) is 0 Å². The minimum Gasteiger partial charge on any atom is -0.301 e. The summed E-state index contributed by atoms with van der Waals surface area (Å²) in [6, 6.07) is 3.66. The number of aromatic amines is 1. The van der Waals surface area contributed by atoms with E-state index in [4.69, 9.17) is 0 Å². The van der Waals surface area contributed by atoms with E-state index in [1.54, 1.807) is 6.07 Å². The van der Waals surface area contributed by atoms with Crippen LogP contribution in [0.5, 0.6) is 0 Å². The van der Waals surface area contributed by atoms with Gasteiger partial charge in [0.25, 0.3) is 5.56 Å². The number of nitrogens with one attached hydrogen (secondary N) is 1. The van der Waals surface area contributed by atoms with E-state index in [9.17, 15) is 9.59 Å². The molecule has 0 saturated carbocycles. The molecule has 0 fully saturated rings. The Kier molecular flexibility index (Phi) is 3.97. The normalized spacial score (nSPS) is 11.1. The molecule has 4 nitrogen and oxygen atoms in total. The summed E-state index contributed by atoms with van der Waals surface area (Å²) in [7, 11) is 0. The lowest BCUT2D eigenvalue weighted by atomic mass is 10.2. The Hall–Kier alpha value is -1.44. The minimum atomic E-state index is -0.132. The number of fused-ring (bicyclic) bond motifs is 1. The number of nitrogens with zero attached hydrogens (tertiary/aromatic N) is 1. The summed E-state index contributed by atoms with van der Waals surface area (Å²) in [5.74, 6) is 0.328. The topological polar surface area (TPSA) is 62.8 Å². The molecule has 0 unspecified atom stereocenters. The van der Waals surface area contributed by atoms with Crippen LogP contribution in [0.2, 0.25) is 0 Å². The zero-order valence-electron chi connectivity index (χ0n) is 11.4. The number of hydrogen-bond acceptors (Lipinski definition) is 6. The largest absolute Gasteiger partial charge is 0.301 e. The number of hydrogen-bond donors (Lipinski definition) is 1. The lowest BCUT2D eigenvalue weighted by Crippen LogP contribution is -2.10. The molecule has 0 atom stereocenters. The van der Waals surface area contributed by atoms with E-state index in [1.165, 1.54) is 34.4 Å². The molecule has 0 aliphatic rings. The van der Waals surface area contributed by atoms with Gasteiger partial charge in [-0.2, -0.15) is 0 Å². The van der Waals surface area contributed by atoms with Crippen molar-refractivity contribution in [3.63, 3.8) is 0 Å². The van der Waals surface area contributed by atoms with E-state index >= 15 is 0 Å². The molecular formula is C14H12N2O2S3. The average molecular weight is 336 g/mol. The van der Waals surface area contributed by atoms with Gasteiger partial charge in [-0.3, -0.25) is 9.59 Å². The van der Waals surface area contributed by atoms with Crippen LogP contribution in [0, 0.1) is 13.8 Å². The van der Waals surface area contributed by atoms with Crippen molar-refractivity contribution in [2.75, 3.05) is 5.75 Å². The molecule has 21 heavy (non-hydrogen) atoms. The van der Waals surface area contributed by atoms with E-state index in [1.807, 2.05) is 25.3 Å². The summed E-state index contributed by atoms with van der Waals surface area (Å²) in [4.78, 5) is 33.9. The molecule has 0 amide bonds. The first-order valence-corrected chi connectivity index (χ1v) is 8.94. The molecule has 0 bridgehead atoms.